The van der Waals surface area contributed by atoms with Crippen molar-refractivity contribution in [1.82, 2.24) is 14.9 Å². The van der Waals surface area contributed by atoms with E-state index in [0.29, 0.717) is 12.3 Å². The Bertz CT molecular complexity index is 1170. The molecule has 2 aromatic heterocycles. The summed E-state index contributed by atoms with van der Waals surface area (Å²) in [5.41, 5.74) is 4.57. The summed E-state index contributed by atoms with van der Waals surface area (Å²) in [6.07, 6.45) is 4.40. The highest BCUT2D eigenvalue weighted by Crippen LogP contribution is 2.31. The van der Waals surface area contributed by atoms with Gasteiger partial charge in [0, 0.05) is 52.7 Å². The highest BCUT2D eigenvalue weighted by molar-refractivity contribution is 5.89. The third-order valence-electron chi connectivity index (χ3n) is 6.15. The lowest BCUT2D eigenvalue weighted by Gasteiger charge is -2.31. The van der Waals surface area contributed by atoms with E-state index in [1.54, 1.807) is 7.11 Å². The van der Waals surface area contributed by atoms with Crippen molar-refractivity contribution in [3.8, 4) is 5.75 Å². The van der Waals surface area contributed by atoms with Gasteiger partial charge in [0.2, 0.25) is 5.91 Å². The van der Waals surface area contributed by atoms with Gasteiger partial charge in [0.05, 0.1) is 13.5 Å². The van der Waals surface area contributed by atoms with Crippen molar-refractivity contribution in [2.75, 3.05) is 20.2 Å². The summed E-state index contributed by atoms with van der Waals surface area (Å²) in [4.78, 5) is 21.7. The Hall–Kier alpha value is -3.21. The first-order valence-corrected chi connectivity index (χ1v) is 10.2. The van der Waals surface area contributed by atoms with Crippen LogP contribution in [0.15, 0.2) is 54.7 Å². The molecule has 0 bridgehead atoms. The molecule has 0 unspecified atom stereocenters. The smallest absolute Gasteiger partial charge is 0.227 e. The molecule has 1 aliphatic rings. The zero-order valence-corrected chi connectivity index (χ0v) is 16.6. The van der Waals surface area contributed by atoms with Crippen molar-refractivity contribution in [2.45, 2.75) is 25.2 Å². The lowest BCUT2D eigenvalue weighted by molar-refractivity contribution is -0.131. The summed E-state index contributed by atoms with van der Waals surface area (Å²) in [5, 5.41) is 2.32. The monoisotopic (exact) mass is 387 g/mol. The van der Waals surface area contributed by atoms with Crippen LogP contribution in [0.2, 0.25) is 0 Å². The fourth-order valence-corrected chi connectivity index (χ4v) is 4.47. The summed E-state index contributed by atoms with van der Waals surface area (Å²) in [7, 11) is 1.69. The molecular weight excluding hydrogens is 362 g/mol. The quantitative estimate of drug-likeness (QED) is 0.537. The van der Waals surface area contributed by atoms with Crippen LogP contribution in [0.5, 0.6) is 5.75 Å². The Morgan fingerprint density at radius 1 is 1.10 bits per heavy atom. The van der Waals surface area contributed by atoms with Gasteiger partial charge in [0.25, 0.3) is 0 Å². The van der Waals surface area contributed by atoms with E-state index in [2.05, 4.69) is 34.2 Å². The fraction of sp³-hybridized carbons (Fsp3) is 0.292. The number of aromatic amines is 2. The Kier molecular flexibility index (Phi) is 4.51. The molecule has 0 radical (unpaired) electrons. The van der Waals surface area contributed by atoms with Crippen LogP contribution in [0, 0.1) is 0 Å². The Labute approximate surface area is 169 Å². The van der Waals surface area contributed by atoms with Crippen LogP contribution in [0.3, 0.4) is 0 Å². The summed E-state index contributed by atoms with van der Waals surface area (Å²) < 4.78 is 5.33. The fourth-order valence-electron chi connectivity index (χ4n) is 4.47. The van der Waals surface area contributed by atoms with E-state index in [4.69, 9.17) is 4.74 Å². The third-order valence-corrected chi connectivity index (χ3v) is 6.15. The molecule has 1 amide bonds. The number of nitrogens with one attached hydrogen (secondary N) is 2. The number of carbonyl (C=O) groups excluding carboxylic acids is 1. The topological polar surface area (TPSA) is 61.1 Å². The molecule has 0 aliphatic carbocycles. The van der Waals surface area contributed by atoms with Crippen LogP contribution in [-0.2, 0) is 11.2 Å². The van der Waals surface area contributed by atoms with E-state index < -0.39 is 0 Å². The largest absolute Gasteiger partial charge is 0.497 e. The minimum absolute atomic E-state index is 0.217. The molecular formula is C24H25N3O2. The number of methoxy groups -OCH3 is 1. The van der Waals surface area contributed by atoms with Gasteiger partial charge in [-0.05, 0) is 48.7 Å². The maximum Gasteiger partial charge on any atom is 0.227 e. The minimum Gasteiger partial charge on any atom is -0.497 e. The Morgan fingerprint density at radius 3 is 2.76 bits per heavy atom. The van der Waals surface area contributed by atoms with Gasteiger partial charge >= 0.3 is 0 Å². The van der Waals surface area contributed by atoms with Gasteiger partial charge in [0.1, 0.15) is 5.75 Å². The number of hydrogen-bond acceptors (Lipinski definition) is 2. The van der Waals surface area contributed by atoms with Crippen LogP contribution in [0.25, 0.3) is 21.8 Å². The number of ether oxygens (including phenoxy) is 1. The van der Waals surface area contributed by atoms with Gasteiger partial charge in [-0.3, -0.25) is 4.79 Å². The van der Waals surface area contributed by atoms with Crippen molar-refractivity contribution >= 4 is 27.7 Å². The molecule has 3 heterocycles. The van der Waals surface area contributed by atoms with Crippen LogP contribution in [-0.4, -0.2) is 41.0 Å². The van der Waals surface area contributed by atoms with Gasteiger partial charge in [0.15, 0.2) is 0 Å². The van der Waals surface area contributed by atoms with Crippen molar-refractivity contribution in [3.63, 3.8) is 0 Å². The second kappa shape index (κ2) is 7.32. The first-order chi connectivity index (χ1) is 14.2. The zero-order valence-electron chi connectivity index (χ0n) is 16.6. The number of H-pyrrole nitrogens is 2. The number of piperidine rings is 1. The van der Waals surface area contributed by atoms with E-state index in [-0.39, 0.29) is 5.91 Å². The predicted octanol–water partition coefficient (Wildman–Crippen LogP) is 4.61. The number of nitrogens with zero attached hydrogens (tertiary/aromatic N) is 1. The molecule has 5 heteroatoms. The molecule has 148 valence electrons. The number of para-hydroxylation sites is 1. The zero-order chi connectivity index (χ0) is 19.8. The first kappa shape index (κ1) is 17.9. The van der Waals surface area contributed by atoms with Gasteiger partial charge < -0.3 is 19.6 Å². The highest BCUT2D eigenvalue weighted by atomic mass is 16.5. The molecule has 2 N–H and O–H groups in total. The molecule has 1 fully saturated rings. The number of fused-ring (bicyclic) bond motifs is 2. The van der Waals surface area contributed by atoms with Gasteiger partial charge in [-0.25, -0.2) is 0 Å². The van der Waals surface area contributed by atoms with Crippen molar-refractivity contribution < 1.29 is 9.53 Å². The SMILES string of the molecule is COc1ccc2[nH]c(C3CCN(C(=O)Cc4c[nH]c5ccccc45)CC3)cc2c1. The number of hydrogen-bond donors (Lipinski definition) is 2. The molecule has 5 rings (SSSR count). The second-order valence-electron chi connectivity index (χ2n) is 7.87. The summed E-state index contributed by atoms with van der Waals surface area (Å²) in [5.74, 6) is 1.56. The summed E-state index contributed by atoms with van der Waals surface area (Å²) in [6, 6.07) is 16.5. The molecule has 4 aromatic rings. The van der Waals surface area contributed by atoms with E-state index in [9.17, 15) is 4.79 Å². The number of amides is 1. The van der Waals surface area contributed by atoms with E-state index in [1.165, 1.54) is 11.1 Å². The molecule has 0 atom stereocenters. The standard InChI is InChI=1S/C24H25N3O2/c1-29-19-6-7-21-17(12-19)13-23(26-21)16-8-10-27(11-9-16)24(28)14-18-15-25-22-5-3-2-4-20(18)22/h2-7,12-13,15-16,25-26H,8-11,14H2,1H3. The number of rotatable bonds is 4. The number of benzene rings is 2. The van der Waals surface area contributed by atoms with Crippen molar-refractivity contribution in [2.24, 2.45) is 0 Å². The lowest BCUT2D eigenvalue weighted by atomic mass is 9.93. The number of aromatic nitrogens is 2. The van der Waals surface area contributed by atoms with Gasteiger partial charge in [-0.1, -0.05) is 18.2 Å². The van der Waals surface area contributed by atoms with Gasteiger partial charge in [-0.2, -0.15) is 0 Å². The Balaban J connectivity index is 1.24. The molecule has 1 saturated heterocycles. The van der Waals surface area contributed by atoms with Crippen LogP contribution >= 0.6 is 0 Å². The molecule has 2 aromatic carbocycles. The molecule has 0 spiro atoms. The lowest BCUT2D eigenvalue weighted by Crippen LogP contribution is -2.38. The van der Waals surface area contributed by atoms with Crippen LogP contribution in [0.1, 0.15) is 30.0 Å². The van der Waals surface area contributed by atoms with E-state index >= 15 is 0 Å². The maximum atomic E-state index is 12.9. The van der Waals surface area contributed by atoms with E-state index in [1.807, 2.05) is 35.4 Å². The third kappa shape index (κ3) is 3.37. The molecule has 1 aliphatic heterocycles. The summed E-state index contributed by atoms with van der Waals surface area (Å²) in [6.45, 7) is 1.62. The number of carbonyl (C=O) groups is 1. The highest BCUT2D eigenvalue weighted by Gasteiger charge is 2.25. The van der Waals surface area contributed by atoms with Crippen LogP contribution < -0.4 is 4.74 Å². The Morgan fingerprint density at radius 2 is 1.93 bits per heavy atom. The number of likely N-dealkylation sites (tertiary alicyclic amines) is 1. The van der Waals surface area contributed by atoms with Gasteiger partial charge in [-0.15, -0.1) is 0 Å². The first-order valence-electron chi connectivity index (χ1n) is 10.2. The average molecular weight is 387 g/mol. The maximum absolute atomic E-state index is 12.9. The summed E-state index contributed by atoms with van der Waals surface area (Å²) >= 11 is 0. The molecule has 0 saturated carbocycles. The van der Waals surface area contributed by atoms with Crippen molar-refractivity contribution in [3.05, 3.63) is 66.0 Å². The minimum atomic E-state index is 0.217. The second-order valence-corrected chi connectivity index (χ2v) is 7.87. The molecule has 29 heavy (non-hydrogen) atoms. The van der Waals surface area contributed by atoms with Crippen molar-refractivity contribution in [1.29, 1.82) is 0 Å². The van der Waals surface area contributed by atoms with E-state index in [0.717, 1.165) is 53.7 Å². The van der Waals surface area contributed by atoms with Crippen LogP contribution in [0.4, 0.5) is 0 Å². The predicted molar refractivity (Wildman–Crippen MR) is 115 cm³/mol. The molecule has 5 nitrogen and oxygen atoms in total. The average Bonchev–Trinajstić information content (AvgIpc) is 3.37. The normalized spacial score (nSPS) is 15.3.